The normalized spacial score (nSPS) is 14.1. The van der Waals surface area contributed by atoms with E-state index in [4.69, 9.17) is 9.47 Å². The maximum absolute atomic E-state index is 12.8. The summed E-state index contributed by atoms with van der Waals surface area (Å²) >= 11 is 1.48. The molecule has 0 aliphatic carbocycles. The largest absolute Gasteiger partial charge is 0.493 e. The number of ether oxygens (including phenoxy) is 2. The molecule has 0 bridgehead atoms. The predicted molar refractivity (Wildman–Crippen MR) is 121 cm³/mol. The number of urea groups is 1. The van der Waals surface area contributed by atoms with Gasteiger partial charge < -0.3 is 25.0 Å². The summed E-state index contributed by atoms with van der Waals surface area (Å²) < 4.78 is 10.6. The second-order valence-corrected chi connectivity index (χ2v) is 7.97. The average Bonchev–Trinajstić information content (AvgIpc) is 2.82. The molecule has 1 aromatic heterocycles. The number of rotatable bonds is 7. The highest BCUT2D eigenvalue weighted by atomic mass is 32.2. The van der Waals surface area contributed by atoms with Crippen molar-refractivity contribution in [3.05, 3.63) is 42.1 Å². The third-order valence-corrected chi connectivity index (χ3v) is 6.01. The van der Waals surface area contributed by atoms with Crippen molar-refractivity contribution in [2.24, 2.45) is 5.92 Å². The first-order valence-corrected chi connectivity index (χ1v) is 11.3. The Morgan fingerprint density at radius 1 is 1.16 bits per heavy atom. The van der Waals surface area contributed by atoms with Crippen LogP contribution >= 0.6 is 11.8 Å². The Morgan fingerprint density at radius 2 is 1.94 bits per heavy atom. The van der Waals surface area contributed by atoms with Gasteiger partial charge in [0.1, 0.15) is 5.03 Å². The van der Waals surface area contributed by atoms with Gasteiger partial charge >= 0.3 is 6.03 Å². The van der Waals surface area contributed by atoms with Crippen molar-refractivity contribution in [3.63, 3.8) is 0 Å². The molecule has 1 aromatic carbocycles. The van der Waals surface area contributed by atoms with Crippen LogP contribution in [-0.2, 0) is 0 Å². The van der Waals surface area contributed by atoms with Crippen LogP contribution in [0.3, 0.4) is 0 Å². The summed E-state index contributed by atoms with van der Waals surface area (Å²) in [6, 6.07) is 8.63. The van der Waals surface area contributed by atoms with E-state index in [-0.39, 0.29) is 11.9 Å². The number of carbonyl (C=O) groups excluding carboxylic acids is 2. The summed E-state index contributed by atoms with van der Waals surface area (Å²) in [6.07, 6.45) is 5.29. The van der Waals surface area contributed by atoms with Crippen LogP contribution in [0.5, 0.6) is 11.5 Å². The number of thioether (sulfide) groups is 1. The maximum atomic E-state index is 12.8. The van der Waals surface area contributed by atoms with Crippen molar-refractivity contribution in [2.45, 2.75) is 17.9 Å². The van der Waals surface area contributed by atoms with Gasteiger partial charge in [-0.25, -0.2) is 9.78 Å². The molecule has 2 N–H and O–H groups in total. The maximum Gasteiger partial charge on any atom is 0.319 e. The fourth-order valence-electron chi connectivity index (χ4n) is 3.62. The van der Waals surface area contributed by atoms with Crippen molar-refractivity contribution >= 4 is 29.4 Å². The summed E-state index contributed by atoms with van der Waals surface area (Å²) in [5.41, 5.74) is 1.19. The highest BCUT2D eigenvalue weighted by molar-refractivity contribution is 7.98. The van der Waals surface area contributed by atoms with Gasteiger partial charge in [0.2, 0.25) is 0 Å². The zero-order chi connectivity index (χ0) is 22.2. The summed E-state index contributed by atoms with van der Waals surface area (Å²) in [7, 11) is 3.08. The average molecular weight is 445 g/mol. The van der Waals surface area contributed by atoms with Crippen LogP contribution in [0.1, 0.15) is 23.2 Å². The number of benzene rings is 1. The number of hydrogen-bond acceptors (Lipinski definition) is 6. The van der Waals surface area contributed by atoms with Gasteiger partial charge in [0.15, 0.2) is 11.5 Å². The van der Waals surface area contributed by atoms with E-state index in [0.717, 1.165) is 17.9 Å². The molecule has 9 heteroatoms. The highest BCUT2D eigenvalue weighted by Crippen LogP contribution is 2.34. The number of carbonyl (C=O) groups is 2. The minimum Gasteiger partial charge on any atom is -0.493 e. The standard InChI is InChI=1S/C22H28N4O4S/c1-29-18-8-4-7-17(19(18)30-2)25-22(28)24-14-15-9-12-26(13-10-15)21(27)16-6-5-11-23-20(16)31-3/h4-8,11,15H,9-10,12-14H2,1-3H3,(H2,24,25,28). The number of pyridine rings is 1. The van der Waals surface area contributed by atoms with Crippen molar-refractivity contribution in [3.8, 4) is 11.5 Å². The molecule has 3 amide bonds. The van der Waals surface area contributed by atoms with E-state index >= 15 is 0 Å². The lowest BCUT2D eigenvalue weighted by atomic mass is 9.96. The molecule has 166 valence electrons. The molecule has 1 aliphatic rings. The Bertz CT molecular complexity index is 916. The van der Waals surface area contributed by atoms with Crippen molar-refractivity contribution in [1.82, 2.24) is 15.2 Å². The minimum atomic E-state index is -0.301. The third kappa shape index (κ3) is 5.61. The lowest BCUT2D eigenvalue weighted by molar-refractivity contribution is 0.0686. The first-order chi connectivity index (χ1) is 15.1. The molecule has 2 heterocycles. The Kier molecular flexibility index (Phi) is 8.00. The minimum absolute atomic E-state index is 0.0201. The molecule has 0 spiro atoms. The number of nitrogens with zero attached hydrogens (tertiary/aromatic N) is 2. The number of nitrogens with one attached hydrogen (secondary N) is 2. The zero-order valence-electron chi connectivity index (χ0n) is 18.0. The number of para-hydroxylation sites is 1. The quantitative estimate of drug-likeness (QED) is 0.635. The van der Waals surface area contributed by atoms with Crippen LogP contribution < -0.4 is 20.1 Å². The van der Waals surface area contributed by atoms with Crippen LogP contribution in [0.2, 0.25) is 0 Å². The number of aromatic nitrogens is 1. The number of anilines is 1. The van der Waals surface area contributed by atoms with Gasteiger partial charge in [0.25, 0.3) is 5.91 Å². The Labute approximate surface area is 186 Å². The Balaban J connectivity index is 1.48. The van der Waals surface area contributed by atoms with Crippen LogP contribution in [0.25, 0.3) is 0 Å². The summed E-state index contributed by atoms with van der Waals surface area (Å²) in [6.45, 7) is 1.88. The van der Waals surface area contributed by atoms with Crippen LogP contribution in [0.4, 0.5) is 10.5 Å². The fraction of sp³-hybridized carbons (Fsp3) is 0.409. The summed E-state index contributed by atoms with van der Waals surface area (Å²) in [4.78, 5) is 31.3. The molecule has 0 atom stereocenters. The number of hydrogen-bond donors (Lipinski definition) is 2. The number of amides is 3. The lowest BCUT2D eigenvalue weighted by Gasteiger charge is -2.32. The predicted octanol–water partition coefficient (Wildman–Crippen LogP) is 3.49. The molecule has 0 saturated carbocycles. The van der Waals surface area contributed by atoms with E-state index in [1.165, 1.54) is 18.9 Å². The Hall–Kier alpha value is -2.94. The van der Waals surface area contributed by atoms with Gasteiger partial charge in [0.05, 0.1) is 25.5 Å². The van der Waals surface area contributed by atoms with E-state index in [1.54, 1.807) is 37.6 Å². The molecule has 8 nitrogen and oxygen atoms in total. The van der Waals surface area contributed by atoms with Crippen LogP contribution in [-0.4, -0.2) is 61.9 Å². The molecule has 1 fully saturated rings. The molecule has 0 radical (unpaired) electrons. The van der Waals surface area contributed by atoms with Gasteiger partial charge in [-0.05, 0) is 49.3 Å². The molecule has 0 unspecified atom stereocenters. The second-order valence-electron chi connectivity index (χ2n) is 7.17. The second kappa shape index (κ2) is 10.9. The van der Waals surface area contributed by atoms with E-state index in [1.807, 2.05) is 17.2 Å². The molecule has 1 aliphatic heterocycles. The van der Waals surface area contributed by atoms with Crippen LogP contribution in [0, 0.1) is 5.92 Å². The lowest BCUT2D eigenvalue weighted by Crippen LogP contribution is -2.42. The van der Waals surface area contributed by atoms with Crippen molar-refractivity contribution in [2.75, 3.05) is 45.4 Å². The smallest absolute Gasteiger partial charge is 0.319 e. The number of likely N-dealkylation sites (tertiary alicyclic amines) is 1. The van der Waals surface area contributed by atoms with E-state index < -0.39 is 0 Å². The van der Waals surface area contributed by atoms with E-state index in [2.05, 4.69) is 15.6 Å². The van der Waals surface area contributed by atoms with Gasteiger partial charge in [-0.1, -0.05) is 6.07 Å². The molecule has 31 heavy (non-hydrogen) atoms. The number of piperidine rings is 1. The molecule has 3 rings (SSSR count). The first-order valence-electron chi connectivity index (χ1n) is 10.1. The van der Waals surface area contributed by atoms with Gasteiger partial charge in [-0.3, -0.25) is 4.79 Å². The van der Waals surface area contributed by atoms with Crippen molar-refractivity contribution in [1.29, 1.82) is 0 Å². The summed E-state index contributed by atoms with van der Waals surface area (Å²) in [5, 5.41) is 6.48. The highest BCUT2D eigenvalue weighted by Gasteiger charge is 2.25. The molecular weight excluding hydrogens is 416 g/mol. The molecule has 2 aromatic rings. The fourth-order valence-corrected chi connectivity index (χ4v) is 4.16. The van der Waals surface area contributed by atoms with Gasteiger partial charge in [-0.2, -0.15) is 0 Å². The number of methoxy groups -OCH3 is 2. The van der Waals surface area contributed by atoms with Gasteiger partial charge in [-0.15, -0.1) is 11.8 Å². The van der Waals surface area contributed by atoms with Gasteiger partial charge in [0, 0.05) is 25.8 Å². The Morgan fingerprint density at radius 3 is 2.61 bits per heavy atom. The van der Waals surface area contributed by atoms with Crippen molar-refractivity contribution < 1.29 is 19.1 Å². The molecular formula is C22H28N4O4S. The topological polar surface area (TPSA) is 92.8 Å². The first kappa shape index (κ1) is 22.7. The van der Waals surface area contributed by atoms with Crippen LogP contribution in [0.15, 0.2) is 41.6 Å². The monoisotopic (exact) mass is 444 g/mol. The third-order valence-electron chi connectivity index (χ3n) is 5.30. The zero-order valence-corrected chi connectivity index (χ0v) is 18.8. The SMILES string of the molecule is COc1cccc(NC(=O)NCC2CCN(C(=O)c3cccnc3SC)CC2)c1OC. The molecule has 1 saturated heterocycles. The van der Waals surface area contributed by atoms with E-state index in [9.17, 15) is 9.59 Å². The summed E-state index contributed by atoms with van der Waals surface area (Å²) in [5.74, 6) is 1.37. The van der Waals surface area contributed by atoms with E-state index in [0.29, 0.717) is 48.3 Å².